The summed E-state index contributed by atoms with van der Waals surface area (Å²) in [6.07, 6.45) is 12.1. The smallest absolute Gasteiger partial charge is 0.323 e. The molecule has 1 atom stereocenters. The number of aliphatic carboxylic acids is 1. The van der Waals surface area contributed by atoms with Crippen molar-refractivity contribution in [3.63, 3.8) is 0 Å². The summed E-state index contributed by atoms with van der Waals surface area (Å²) in [5.41, 5.74) is 0. The molecule has 2 aliphatic carbocycles. The molecule has 1 aliphatic heterocycles. The molecule has 0 spiro atoms. The predicted molar refractivity (Wildman–Crippen MR) is 113 cm³/mol. The van der Waals surface area contributed by atoms with Crippen LogP contribution < -0.4 is 5.32 Å². The molecule has 0 bridgehead atoms. The van der Waals surface area contributed by atoms with E-state index in [1.807, 2.05) is 0 Å². The fourth-order valence-electron chi connectivity index (χ4n) is 4.29. The van der Waals surface area contributed by atoms with Gasteiger partial charge in [-0.25, -0.2) is 4.79 Å². The van der Waals surface area contributed by atoms with Crippen LogP contribution >= 0.6 is 23.5 Å². The van der Waals surface area contributed by atoms with Crippen LogP contribution in [0.4, 0.5) is 4.79 Å². The Balaban J connectivity index is 1.53. The minimum atomic E-state index is -0.768. The standard InChI is InChI=1S/C19H31N3O3S2/c23-16(24)11-12-26-17-13-20-18(27-17)21-19(25)22(14-7-3-1-4-8-14)15-9-5-2-6-10-15/h14-15,17H,1-13H2,(H,23,24)(H,20,21,25). The number of carbonyl (C=O) groups excluding carboxylic acids is 1. The topological polar surface area (TPSA) is 82.0 Å². The van der Waals surface area contributed by atoms with E-state index in [1.165, 1.54) is 38.5 Å². The summed E-state index contributed by atoms with van der Waals surface area (Å²) in [4.78, 5) is 30.4. The van der Waals surface area contributed by atoms with Gasteiger partial charge in [-0.15, -0.1) is 11.8 Å². The Hall–Kier alpha value is -0.890. The lowest BCUT2D eigenvalue weighted by molar-refractivity contribution is -0.136. The summed E-state index contributed by atoms with van der Waals surface area (Å²) in [5.74, 6) is -0.185. The van der Waals surface area contributed by atoms with Crippen LogP contribution in [0, 0.1) is 0 Å². The zero-order valence-corrected chi connectivity index (χ0v) is 17.5. The van der Waals surface area contributed by atoms with Gasteiger partial charge in [0.15, 0.2) is 5.17 Å². The summed E-state index contributed by atoms with van der Waals surface area (Å²) in [6, 6.07) is 0.764. The molecule has 0 aromatic heterocycles. The summed E-state index contributed by atoms with van der Waals surface area (Å²) >= 11 is 3.17. The first kappa shape index (κ1) is 20.8. The molecule has 2 fully saturated rings. The maximum atomic E-state index is 13.1. The number of hydrogen-bond donors (Lipinski definition) is 2. The molecule has 0 saturated heterocycles. The number of thioether (sulfide) groups is 2. The van der Waals surface area contributed by atoms with Gasteiger partial charge in [0.25, 0.3) is 0 Å². The van der Waals surface area contributed by atoms with Crippen molar-refractivity contribution in [2.24, 2.45) is 4.99 Å². The van der Waals surface area contributed by atoms with E-state index in [2.05, 4.69) is 15.2 Å². The van der Waals surface area contributed by atoms with Crippen molar-refractivity contribution in [1.29, 1.82) is 0 Å². The molecule has 2 amide bonds. The van der Waals surface area contributed by atoms with Gasteiger partial charge < -0.3 is 10.0 Å². The van der Waals surface area contributed by atoms with E-state index in [9.17, 15) is 9.59 Å². The fourth-order valence-corrected chi connectivity index (χ4v) is 6.56. The third kappa shape index (κ3) is 6.31. The maximum absolute atomic E-state index is 13.1. The van der Waals surface area contributed by atoms with E-state index >= 15 is 0 Å². The highest BCUT2D eigenvalue weighted by Gasteiger charge is 2.33. The van der Waals surface area contributed by atoms with Crippen LogP contribution in [0.5, 0.6) is 0 Å². The van der Waals surface area contributed by atoms with Crippen molar-refractivity contribution in [3.05, 3.63) is 0 Å². The molecule has 3 rings (SSSR count). The number of nitrogens with zero attached hydrogens (tertiary/aromatic N) is 2. The highest BCUT2D eigenvalue weighted by molar-refractivity contribution is 8.25. The molecule has 0 aromatic rings. The molecule has 152 valence electrons. The zero-order chi connectivity index (χ0) is 19.1. The van der Waals surface area contributed by atoms with Crippen LogP contribution in [0.3, 0.4) is 0 Å². The number of nitrogens with one attached hydrogen (secondary N) is 1. The minimum Gasteiger partial charge on any atom is -0.481 e. The number of amidine groups is 1. The van der Waals surface area contributed by atoms with E-state index < -0.39 is 5.97 Å². The third-order valence-corrected chi connectivity index (χ3v) is 8.16. The van der Waals surface area contributed by atoms with Crippen molar-refractivity contribution in [1.82, 2.24) is 10.2 Å². The lowest BCUT2D eigenvalue weighted by atomic mass is 9.89. The Morgan fingerprint density at radius 2 is 1.67 bits per heavy atom. The number of aliphatic imine (C=N–C) groups is 1. The third-order valence-electron chi connectivity index (χ3n) is 5.63. The van der Waals surface area contributed by atoms with Gasteiger partial charge >= 0.3 is 12.0 Å². The van der Waals surface area contributed by atoms with Gasteiger partial charge in [0, 0.05) is 17.8 Å². The van der Waals surface area contributed by atoms with E-state index in [1.54, 1.807) is 23.5 Å². The predicted octanol–water partition coefficient (Wildman–Crippen LogP) is 4.30. The zero-order valence-electron chi connectivity index (χ0n) is 15.9. The van der Waals surface area contributed by atoms with Crippen LogP contribution in [-0.2, 0) is 4.79 Å². The van der Waals surface area contributed by atoms with Crippen LogP contribution in [0.15, 0.2) is 4.99 Å². The van der Waals surface area contributed by atoms with Crippen LogP contribution in [0.25, 0.3) is 0 Å². The largest absolute Gasteiger partial charge is 0.481 e. The Morgan fingerprint density at radius 1 is 1.07 bits per heavy atom. The Morgan fingerprint density at radius 3 is 2.22 bits per heavy atom. The Labute approximate surface area is 170 Å². The fraction of sp³-hybridized carbons (Fsp3) is 0.842. The molecular formula is C19H31N3O3S2. The molecule has 8 heteroatoms. The number of carboxylic acids is 1. The van der Waals surface area contributed by atoms with E-state index in [4.69, 9.17) is 5.11 Å². The van der Waals surface area contributed by atoms with Crippen LogP contribution in [0.1, 0.15) is 70.6 Å². The van der Waals surface area contributed by atoms with Crippen molar-refractivity contribution < 1.29 is 14.7 Å². The minimum absolute atomic E-state index is 0.0243. The van der Waals surface area contributed by atoms with Gasteiger partial charge in [-0.2, -0.15) is 0 Å². The van der Waals surface area contributed by atoms with Gasteiger partial charge in [-0.1, -0.05) is 50.3 Å². The Bertz CT molecular complexity index is 528. The van der Waals surface area contributed by atoms with E-state index in [0.29, 0.717) is 29.5 Å². The van der Waals surface area contributed by atoms with E-state index in [-0.39, 0.29) is 17.0 Å². The summed E-state index contributed by atoms with van der Waals surface area (Å²) in [6.45, 7) is 0.636. The SMILES string of the molecule is O=C(O)CCSC1CN=C(NC(=O)N(C2CCCCC2)C2CCCCC2)S1. The molecule has 2 saturated carbocycles. The molecule has 0 aromatic carbocycles. The second-order valence-corrected chi connectivity index (χ2v) is 10.4. The van der Waals surface area contributed by atoms with Crippen molar-refractivity contribution in [3.8, 4) is 0 Å². The maximum Gasteiger partial charge on any atom is 0.323 e. The first-order valence-electron chi connectivity index (χ1n) is 10.3. The number of rotatable bonds is 6. The van der Waals surface area contributed by atoms with Crippen LogP contribution in [0.2, 0.25) is 0 Å². The lowest BCUT2D eigenvalue weighted by Gasteiger charge is -2.41. The van der Waals surface area contributed by atoms with Gasteiger partial charge in [-0.05, 0) is 25.7 Å². The second kappa shape index (κ2) is 10.6. The monoisotopic (exact) mass is 413 g/mol. The summed E-state index contributed by atoms with van der Waals surface area (Å²) in [7, 11) is 0. The highest BCUT2D eigenvalue weighted by atomic mass is 32.2. The quantitative estimate of drug-likeness (QED) is 0.678. The van der Waals surface area contributed by atoms with Gasteiger partial charge in [0.2, 0.25) is 0 Å². The van der Waals surface area contributed by atoms with E-state index in [0.717, 1.165) is 25.7 Å². The average molecular weight is 414 g/mol. The lowest BCUT2D eigenvalue weighted by Crippen LogP contribution is -2.53. The molecule has 27 heavy (non-hydrogen) atoms. The Kier molecular flexibility index (Phi) is 8.18. The highest BCUT2D eigenvalue weighted by Crippen LogP contribution is 2.32. The van der Waals surface area contributed by atoms with Gasteiger partial charge in [0.05, 0.1) is 17.5 Å². The normalized spacial score (nSPS) is 24.4. The second-order valence-electron chi connectivity index (χ2n) is 7.63. The number of amides is 2. The van der Waals surface area contributed by atoms with Crippen molar-refractivity contribution >= 4 is 40.7 Å². The molecule has 3 aliphatic rings. The summed E-state index contributed by atoms with van der Waals surface area (Å²) in [5, 5.41) is 12.5. The van der Waals surface area contributed by atoms with Crippen molar-refractivity contribution in [2.75, 3.05) is 12.3 Å². The van der Waals surface area contributed by atoms with Gasteiger partial charge in [-0.3, -0.25) is 15.1 Å². The first-order valence-corrected chi connectivity index (χ1v) is 12.2. The molecule has 1 unspecified atom stereocenters. The first-order chi connectivity index (χ1) is 13.1. The van der Waals surface area contributed by atoms with Crippen molar-refractivity contribution in [2.45, 2.75) is 87.3 Å². The number of carbonyl (C=O) groups is 2. The average Bonchev–Trinajstić information content (AvgIpc) is 3.10. The van der Waals surface area contributed by atoms with Gasteiger partial charge in [0.1, 0.15) is 0 Å². The number of hydrogen-bond acceptors (Lipinski definition) is 5. The number of carboxylic acid groups (broad SMARTS) is 1. The molecule has 6 nitrogen and oxygen atoms in total. The molecular weight excluding hydrogens is 382 g/mol. The molecule has 2 N–H and O–H groups in total. The number of urea groups is 1. The molecule has 0 radical (unpaired) electrons. The summed E-state index contributed by atoms with van der Waals surface area (Å²) < 4.78 is 0.206. The van der Waals surface area contributed by atoms with Crippen LogP contribution in [-0.4, -0.2) is 56.1 Å². The molecule has 1 heterocycles.